The van der Waals surface area contributed by atoms with Crippen LogP contribution in [0.2, 0.25) is 5.02 Å². The predicted molar refractivity (Wildman–Crippen MR) is 79.9 cm³/mol. The number of rotatable bonds is 3. The van der Waals surface area contributed by atoms with Gasteiger partial charge in [0.2, 0.25) is 0 Å². The second-order valence-electron chi connectivity index (χ2n) is 4.31. The maximum absolute atomic E-state index is 11.5. The number of carbonyl (C=O) groups is 1. The van der Waals surface area contributed by atoms with E-state index in [1.807, 2.05) is 24.4 Å². The van der Waals surface area contributed by atoms with Gasteiger partial charge in [0.25, 0.3) is 0 Å². The number of benzene rings is 1. The van der Waals surface area contributed by atoms with Gasteiger partial charge in [-0.05, 0) is 24.1 Å². The lowest BCUT2D eigenvalue weighted by Gasteiger charge is -2.03. The molecule has 3 rings (SSSR count). The van der Waals surface area contributed by atoms with E-state index in [9.17, 15) is 9.90 Å². The summed E-state index contributed by atoms with van der Waals surface area (Å²) in [6, 6.07) is 7.33. The van der Waals surface area contributed by atoms with E-state index in [1.165, 1.54) is 11.3 Å². The molecule has 0 bridgehead atoms. The Balaban J connectivity index is 2.29. The number of fused-ring (bicyclic) bond motifs is 1. The summed E-state index contributed by atoms with van der Waals surface area (Å²) in [5, 5.41) is 12.0. The Kier molecular flexibility index (Phi) is 3.23. The lowest BCUT2D eigenvalue weighted by molar-refractivity contribution is 0.0688. The van der Waals surface area contributed by atoms with Crippen LogP contribution >= 0.6 is 22.9 Å². The van der Waals surface area contributed by atoms with Crippen molar-refractivity contribution in [1.82, 2.24) is 9.38 Å². The van der Waals surface area contributed by atoms with Crippen molar-refractivity contribution in [3.8, 4) is 11.3 Å². The molecule has 0 saturated heterocycles. The standard InChI is InChI=1S/C14H11ClN2O2S/c1-2-10-12(13(18)19)17-11(7-20-14(17)16-10)8-3-5-9(15)6-4-8/h3-7H,2H2,1H3,(H,18,19). The average Bonchev–Trinajstić information content (AvgIpc) is 2.97. The first-order valence-corrected chi connectivity index (χ1v) is 7.35. The topological polar surface area (TPSA) is 54.6 Å². The van der Waals surface area contributed by atoms with E-state index in [4.69, 9.17) is 11.6 Å². The van der Waals surface area contributed by atoms with Gasteiger partial charge in [0, 0.05) is 10.4 Å². The number of thiazole rings is 1. The molecule has 6 heteroatoms. The van der Waals surface area contributed by atoms with E-state index in [0.717, 1.165) is 11.3 Å². The molecule has 0 radical (unpaired) electrons. The number of halogens is 1. The van der Waals surface area contributed by atoms with Crippen LogP contribution in [0.25, 0.3) is 16.2 Å². The highest BCUT2D eigenvalue weighted by atomic mass is 35.5. The molecule has 102 valence electrons. The van der Waals surface area contributed by atoms with Gasteiger partial charge in [0.1, 0.15) is 0 Å². The fourth-order valence-electron chi connectivity index (χ4n) is 2.19. The van der Waals surface area contributed by atoms with Crippen LogP contribution in [0.4, 0.5) is 0 Å². The largest absolute Gasteiger partial charge is 0.477 e. The number of hydrogen-bond acceptors (Lipinski definition) is 3. The first-order valence-electron chi connectivity index (χ1n) is 6.10. The van der Waals surface area contributed by atoms with Crippen molar-refractivity contribution in [2.75, 3.05) is 0 Å². The third-order valence-electron chi connectivity index (χ3n) is 3.11. The molecule has 1 N–H and O–H groups in total. The van der Waals surface area contributed by atoms with E-state index in [-0.39, 0.29) is 5.69 Å². The number of nitrogens with zero attached hydrogens (tertiary/aromatic N) is 2. The molecular formula is C14H11ClN2O2S. The van der Waals surface area contributed by atoms with Crippen LogP contribution in [-0.2, 0) is 6.42 Å². The van der Waals surface area contributed by atoms with Crippen molar-refractivity contribution >= 4 is 33.9 Å². The Bertz CT molecular complexity index is 789. The Morgan fingerprint density at radius 2 is 2.10 bits per heavy atom. The number of hydrogen-bond donors (Lipinski definition) is 1. The van der Waals surface area contributed by atoms with Crippen molar-refractivity contribution in [3.05, 3.63) is 46.1 Å². The Morgan fingerprint density at radius 1 is 1.40 bits per heavy atom. The minimum atomic E-state index is -0.956. The molecule has 0 fully saturated rings. The SMILES string of the molecule is CCc1nc2scc(-c3ccc(Cl)cc3)n2c1C(=O)O. The molecule has 0 saturated carbocycles. The van der Waals surface area contributed by atoms with Crippen LogP contribution in [0.1, 0.15) is 23.1 Å². The zero-order valence-corrected chi connectivity index (χ0v) is 12.2. The highest BCUT2D eigenvalue weighted by Crippen LogP contribution is 2.29. The van der Waals surface area contributed by atoms with Crippen molar-refractivity contribution in [2.45, 2.75) is 13.3 Å². The molecule has 2 aromatic heterocycles. The molecule has 2 heterocycles. The normalized spacial score (nSPS) is 11.1. The van der Waals surface area contributed by atoms with Crippen molar-refractivity contribution in [1.29, 1.82) is 0 Å². The highest BCUT2D eigenvalue weighted by Gasteiger charge is 2.21. The van der Waals surface area contributed by atoms with Crippen LogP contribution in [-0.4, -0.2) is 20.5 Å². The van der Waals surface area contributed by atoms with E-state index in [0.29, 0.717) is 22.1 Å². The molecule has 3 aromatic rings. The van der Waals surface area contributed by atoms with Crippen LogP contribution in [0.15, 0.2) is 29.6 Å². The fourth-order valence-corrected chi connectivity index (χ4v) is 3.23. The number of aryl methyl sites for hydroxylation is 1. The van der Waals surface area contributed by atoms with Crippen LogP contribution in [0.3, 0.4) is 0 Å². The quantitative estimate of drug-likeness (QED) is 0.796. The van der Waals surface area contributed by atoms with Gasteiger partial charge < -0.3 is 5.11 Å². The summed E-state index contributed by atoms with van der Waals surface area (Å²) < 4.78 is 1.70. The molecule has 1 aromatic carbocycles. The van der Waals surface area contributed by atoms with Gasteiger partial charge in [-0.25, -0.2) is 9.78 Å². The van der Waals surface area contributed by atoms with Gasteiger partial charge in [-0.15, -0.1) is 11.3 Å². The second kappa shape index (κ2) is 4.92. The lowest BCUT2D eigenvalue weighted by atomic mass is 10.1. The molecule has 0 aliphatic heterocycles. The molecule has 0 aliphatic rings. The fraction of sp³-hybridized carbons (Fsp3) is 0.143. The van der Waals surface area contributed by atoms with E-state index in [1.54, 1.807) is 16.5 Å². The molecular weight excluding hydrogens is 296 g/mol. The molecule has 20 heavy (non-hydrogen) atoms. The van der Waals surface area contributed by atoms with Crippen molar-refractivity contribution < 1.29 is 9.90 Å². The molecule has 4 nitrogen and oxygen atoms in total. The number of carboxylic acids is 1. The van der Waals surface area contributed by atoms with Crippen LogP contribution < -0.4 is 0 Å². The van der Waals surface area contributed by atoms with Crippen molar-refractivity contribution in [3.63, 3.8) is 0 Å². The number of imidazole rings is 1. The van der Waals surface area contributed by atoms with Crippen LogP contribution in [0.5, 0.6) is 0 Å². The van der Waals surface area contributed by atoms with Gasteiger partial charge >= 0.3 is 5.97 Å². The second-order valence-corrected chi connectivity index (χ2v) is 5.58. The number of aromatic nitrogens is 2. The maximum atomic E-state index is 11.5. The maximum Gasteiger partial charge on any atom is 0.354 e. The average molecular weight is 307 g/mol. The smallest absolute Gasteiger partial charge is 0.354 e. The third kappa shape index (κ3) is 1.99. The van der Waals surface area contributed by atoms with E-state index in [2.05, 4.69) is 4.98 Å². The number of aromatic carboxylic acids is 1. The third-order valence-corrected chi connectivity index (χ3v) is 4.19. The Hall–Kier alpha value is -1.85. The minimum absolute atomic E-state index is 0.244. The van der Waals surface area contributed by atoms with Gasteiger partial charge in [-0.3, -0.25) is 4.40 Å². The van der Waals surface area contributed by atoms with Crippen LogP contribution in [0, 0.1) is 0 Å². The summed E-state index contributed by atoms with van der Waals surface area (Å²) in [4.78, 5) is 16.6. The monoisotopic (exact) mass is 306 g/mol. The van der Waals surface area contributed by atoms with Gasteiger partial charge in [0.05, 0.1) is 11.4 Å². The first kappa shape index (κ1) is 13.1. The summed E-state index contributed by atoms with van der Waals surface area (Å²) in [5.41, 5.74) is 2.60. The molecule has 0 amide bonds. The van der Waals surface area contributed by atoms with E-state index >= 15 is 0 Å². The highest BCUT2D eigenvalue weighted by molar-refractivity contribution is 7.15. The molecule has 0 unspecified atom stereocenters. The van der Waals surface area contributed by atoms with Gasteiger partial charge in [-0.1, -0.05) is 30.7 Å². The molecule has 0 atom stereocenters. The van der Waals surface area contributed by atoms with Gasteiger partial charge in [0.15, 0.2) is 10.7 Å². The zero-order valence-electron chi connectivity index (χ0n) is 10.6. The first-order chi connectivity index (χ1) is 9.61. The summed E-state index contributed by atoms with van der Waals surface area (Å²) in [7, 11) is 0. The van der Waals surface area contributed by atoms with Gasteiger partial charge in [-0.2, -0.15) is 0 Å². The Labute approximate surface area is 124 Å². The minimum Gasteiger partial charge on any atom is -0.477 e. The summed E-state index contributed by atoms with van der Waals surface area (Å²) >= 11 is 7.33. The lowest BCUT2D eigenvalue weighted by Crippen LogP contribution is -2.05. The van der Waals surface area contributed by atoms with E-state index < -0.39 is 5.97 Å². The number of carboxylic acid groups (broad SMARTS) is 1. The predicted octanol–water partition coefficient (Wildman–Crippen LogP) is 3.98. The molecule has 0 aliphatic carbocycles. The summed E-state index contributed by atoms with van der Waals surface area (Å²) in [5.74, 6) is -0.956. The molecule has 0 spiro atoms. The Morgan fingerprint density at radius 3 is 2.70 bits per heavy atom. The summed E-state index contributed by atoms with van der Waals surface area (Å²) in [6.45, 7) is 1.90. The zero-order chi connectivity index (χ0) is 14.3. The summed E-state index contributed by atoms with van der Waals surface area (Å²) in [6.07, 6.45) is 0.593. The van der Waals surface area contributed by atoms with Crippen molar-refractivity contribution in [2.24, 2.45) is 0 Å².